The third-order valence-electron chi connectivity index (χ3n) is 5.65. The molecule has 0 amide bonds. The summed E-state index contributed by atoms with van der Waals surface area (Å²) in [6, 6.07) is 2.86. The molecule has 150 valence electrons. The molecule has 1 aliphatic heterocycles. The van der Waals surface area contributed by atoms with Gasteiger partial charge in [0.25, 0.3) is 0 Å². The van der Waals surface area contributed by atoms with Crippen molar-refractivity contribution < 1.29 is 19.4 Å². The number of fused-ring (bicyclic) bond motifs is 1. The highest BCUT2D eigenvalue weighted by atomic mass is 35.5. The lowest BCUT2D eigenvalue weighted by molar-refractivity contribution is -0.228. The molecule has 4 atom stereocenters. The monoisotopic (exact) mass is 432 g/mol. The molecule has 1 aliphatic rings. The van der Waals surface area contributed by atoms with E-state index in [4.69, 9.17) is 32.4 Å². The molecule has 1 saturated heterocycles. The number of aromatic nitrogens is 2. The van der Waals surface area contributed by atoms with E-state index in [1.165, 1.54) is 0 Å². The Labute approximate surface area is 170 Å². The summed E-state index contributed by atoms with van der Waals surface area (Å²) in [7, 11) is -2.16. The molecular weight excluding hydrogens is 407 g/mol. The molecular formula is C18H26Cl2N2O4Si. The van der Waals surface area contributed by atoms with Gasteiger partial charge in [-0.1, -0.05) is 44.0 Å². The van der Waals surface area contributed by atoms with Crippen LogP contribution in [0.1, 0.15) is 26.8 Å². The lowest BCUT2D eigenvalue weighted by Crippen LogP contribution is -2.56. The largest absolute Gasteiger partial charge is 0.390 e. The van der Waals surface area contributed by atoms with Crippen LogP contribution in [0.15, 0.2) is 18.5 Å². The molecule has 27 heavy (non-hydrogen) atoms. The Morgan fingerprint density at radius 3 is 2.44 bits per heavy atom. The second-order valence-electron chi connectivity index (χ2n) is 8.54. The Balaban J connectivity index is 1.83. The summed E-state index contributed by atoms with van der Waals surface area (Å²) in [4.78, 5) is 4.31. The van der Waals surface area contributed by atoms with Crippen molar-refractivity contribution in [1.82, 2.24) is 9.55 Å². The van der Waals surface area contributed by atoms with Gasteiger partial charge < -0.3 is 23.9 Å². The van der Waals surface area contributed by atoms with E-state index in [-0.39, 0.29) is 11.6 Å². The van der Waals surface area contributed by atoms with Crippen molar-refractivity contribution in [3.63, 3.8) is 0 Å². The van der Waals surface area contributed by atoms with Crippen LogP contribution in [-0.2, 0) is 9.16 Å². The lowest BCUT2D eigenvalue weighted by Gasteiger charge is -2.44. The smallest absolute Gasteiger partial charge is 0.195 e. The third kappa shape index (κ3) is 3.92. The number of rotatable bonds is 3. The normalized spacial score (nSPS) is 27.3. The molecule has 1 fully saturated rings. The fraction of sp³-hybridized carbons (Fsp3) is 0.611. The van der Waals surface area contributed by atoms with Crippen LogP contribution in [0.3, 0.4) is 0 Å². The van der Waals surface area contributed by atoms with Gasteiger partial charge in [-0.25, -0.2) is 4.98 Å². The molecule has 1 aromatic carbocycles. The summed E-state index contributed by atoms with van der Waals surface area (Å²) >= 11 is 12.2. The van der Waals surface area contributed by atoms with Crippen LogP contribution in [0, 0.1) is 0 Å². The van der Waals surface area contributed by atoms with Gasteiger partial charge in [0.15, 0.2) is 14.6 Å². The summed E-state index contributed by atoms with van der Waals surface area (Å²) < 4.78 is 13.7. The zero-order chi connectivity index (χ0) is 20.1. The van der Waals surface area contributed by atoms with Gasteiger partial charge in [-0.05, 0) is 30.3 Å². The Morgan fingerprint density at radius 2 is 1.81 bits per heavy atom. The summed E-state index contributed by atoms with van der Waals surface area (Å²) in [6.45, 7) is 10.7. The molecule has 1 aromatic heterocycles. The highest BCUT2D eigenvalue weighted by molar-refractivity contribution is 6.74. The lowest BCUT2D eigenvalue weighted by atomic mass is 10.0. The number of nitrogens with zero attached hydrogens (tertiary/aromatic N) is 2. The average Bonchev–Trinajstić information content (AvgIpc) is 2.94. The van der Waals surface area contributed by atoms with Gasteiger partial charge in [-0.3, -0.25) is 0 Å². The molecule has 0 radical (unpaired) electrons. The SMILES string of the molecule is CC(C)(C)[Si](C)(C)OC1OCC(n2cnc3cc(Cl)c(Cl)cc32)C(O)C1O. The van der Waals surface area contributed by atoms with Crippen LogP contribution in [0.25, 0.3) is 11.0 Å². The molecule has 2 aromatic rings. The Kier molecular flexibility index (Phi) is 5.69. The average molecular weight is 433 g/mol. The van der Waals surface area contributed by atoms with Crippen molar-refractivity contribution in [2.24, 2.45) is 0 Å². The maximum Gasteiger partial charge on any atom is 0.195 e. The van der Waals surface area contributed by atoms with Crippen LogP contribution in [0.2, 0.25) is 28.2 Å². The number of aliphatic hydroxyl groups is 2. The quantitative estimate of drug-likeness (QED) is 0.716. The molecule has 2 heterocycles. The molecule has 3 rings (SSSR count). The number of halogens is 2. The number of aliphatic hydroxyl groups excluding tert-OH is 2. The Morgan fingerprint density at radius 1 is 1.19 bits per heavy atom. The van der Waals surface area contributed by atoms with Gasteiger partial charge in [0.05, 0.1) is 40.1 Å². The number of benzene rings is 1. The van der Waals surface area contributed by atoms with E-state index in [1.54, 1.807) is 23.0 Å². The van der Waals surface area contributed by atoms with Crippen molar-refractivity contribution in [1.29, 1.82) is 0 Å². The van der Waals surface area contributed by atoms with Gasteiger partial charge in [0.2, 0.25) is 0 Å². The van der Waals surface area contributed by atoms with Crippen molar-refractivity contribution in [3.8, 4) is 0 Å². The van der Waals surface area contributed by atoms with Crippen molar-refractivity contribution in [3.05, 3.63) is 28.5 Å². The molecule has 9 heteroatoms. The zero-order valence-corrected chi connectivity index (χ0v) is 18.6. The van der Waals surface area contributed by atoms with Crippen LogP contribution < -0.4 is 0 Å². The Hall–Kier alpha value is -0.673. The predicted molar refractivity (Wildman–Crippen MR) is 109 cm³/mol. The molecule has 0 aliphatic carbocycles. The standard InChI is InChI=1S/C18H26Cl2N2O4Si/c1-18(2,3)27(4,5)26-17-16(24)15(23)14(8-25-17)22-9-21-12-6-10(19)11(20)7-13(12)22/h6-7,9,14-17,23-24H,8H2,1-5H3. The molecule has 4 unspecified atom stereocenters. The highest BCUT2D eigenvalue weighted by Gasteiger charge is 2.46. The maximum absolute atomic E-state index is 10.8. The van der Waals surface area contributed by atoms with Crippen LogP contribution in [-0.4, -0.2) is 53.2 Å². The van der Waals surface area contributed by atoms with Gasteiger partial charge in [-0.15, -0.1) is 0 Å². The minimum Gasteiger partial charge on any atom is -0.390 e. The first kappa shape index (κ1) is 21.0. The fourth-order valence-corrected chi connectivity index (χ4v) is 4.34. The molecule has 0 spiro atoms. The summed E-state index contributed by atoms with van der Waals surface area (Å²) in [5.41, 5.74) is 1.37. The van der Waals surface area contributed by atoms with Gasteiger partial charge in [-0.2, -0.15) is 0 Å². The van der Waals surface area contributed by atoms with E-state index in [2.05, 4.69) is 38.8 Å². The summed E-state index contributed by atoms with van der Waals surface area (Å²) in [5.74, 6) is 0. The molecule has 0 bridgehead atoms. The molecule has 0 saturated carbocycles. The number of ether oxygens (including phenoxy) is 1. The van der Waals surface area contributed by atoms with E-state index >= 15 is 0 Å². The topological polar surface area (TPSA) is 76.7 Å². The fourth-order valence-electron chi connectivity index (χ4n) is 2.88. The van der Waals surface area contributed by atoms with Gasteiger partial charge in [0, 0.05) is 0 Å². The van der Waals surface area contributed by atoms with E-state index in [0.29, 0.717) is 21.1 Å². The number of hydrogen-bond acceptors (Lipinski definition) is 5. The second-order valence-corrected chi connectivity index (χ2v) is 14.1. The number of hydrogen-bond donors (Lipinski definition) is 2. The summed E-state index contributed by atoms with van der Waals surface area (Å²) in [6.07, 6.45) is -1.50. The van der Waals surface area contributed by atoms with Crippen molar-refractivity contribution >= 4 is 42.6 Å². The summed E-state index contributed by atoms with van der Waals surface area (Å²) in [5, 5.41) is 22.2. The second kappa shape index (κ2) is 7.30. The minimum atomic E-state index is -2.16. The Bertz CT molecular complexity index is 837. The van der Waals surface area contributed by atoms with Gasteiger partial charge >= 0.3 is 0 Å². The van der Waals surface area contributed by atoms with E-state index in [1.807, 2.05) is 0 Å². The predicted octanol–water partition coefficient (Wildman–Crippen LogP) is 3.98. The first-order chi connectivity index (χ1) is 12.4. The number of imidazole rings is 1. The van der Waals surface area contributed by atoms with E-state index in [0.717, 1.165) is 0 Å². The first-order valence-corrected chi connectivity index (χ1v) is 12.6. The highest BCUT2D eigenvalue weighted by Crippen LogP contribution is 2.39. The zero-order valence-electron chi connectivity index (χ0n) is 16.1. The van der Waals surface area contributed by atoms with Crippen molar-refractivity contribution in [2.75, 3.05) is 6.61 Å². The van der Waals surface area contributed by atoms with Crippen LogP contribution in [0.4, 0.5) is 0 Å². The van der Waals surface area contributed by atoms with Gasteiger partial charge in [0.1, 0.15) is 12.2 Å². The maximum atomic E-state index is 10.8. The molecule has 2 N–H and O–H groups in total. The van der Waals surface area contributed by atoms with E-state index in [9.17, 15) is 10.2 Å². The first-order valence-electron chi connectivity index (χ1n) is 8.89. The minimum absolute atomic E-state index is 0.0333. The molecule has 6 nitrogen and oxygen atoms in total. The van der Waals surface area contributed by atoms with Crippen molar-refractivity contribution in [2.45, 2.75) is 63.4 Å². The van der Waals surface area contributed by atoms with E-state index < -0.39 is 32.9 Å². The third-order valence-corrected chi connectivity index (χ3v) is 10.8. The van der Waals surface area contributed by atoms with Crippen LogP contribution in [0.5, 0.6) is 0 Å². The van der Waals surface area contributed by atoms with Crippen LogP contribution >= 0.6 is 23.2 Å².